The fraction of sp³-hybridized carbons (Fsp3) is 0.593. The molecule has 1 spiro atoms. The van der Waals surface area contributed by atoms with Gasteiger partial charge < -0.3 is 49.8 Å². The summed E-state index contributed by atoms with van der Waals surface area (Å²) in [4.78, 5) is 45.2. The summed E-state index contributed by atoms with van der Waals surface area (Å²) in [6.07, 6.45) is 8.52. The molecule has 8 heterocycles. The predicted molar refractivity (Wildman–Crippen MR) is 300 cm³/mol. The Morgan fingerprint density at radius 1 is 0.896 bits per heavy atom. The minimum absolute atomic E-state index is 0.0933. The fourth-order valence-electron chi connectivity index (χ4n) is 13.1. The average molecular weight is 1070 g/mol. The monoisotopic (exact) mass is 1070 g/mol. The van der Waals surface area contributed by atoms with Crippen LogP contribution in [0.25, 0.3) is 21.7 Å². The number of hydrogen-bond acceptors (Lipinski definition) is 16. The van der Waals surface area contributed by atoms with Gasteiger partial charge >= 0.3 is 0 Å². The van der Waals surface area contributed by atoms with Crippen molar-refractivity contribution in [1.82, 2.24) is 40.4 Å². The van der Waals surface area contributed by atoms with E-state index in [1.54, 1.807) is 16.2 Å². The standard InChI is InChI=1S/C59H79N11O6S/c1-37(2)54(58(73)70-34-45(71)30-51(70)57(72)62-39(4)42-10-12-43(13-11-42)55-40(5)61-36-77-55)52-32-53(65-76-52)68-22-14-41(15-23-68)33-66-20-16-46(17-21-66)75-47-28-44(29-47)69-26-27-74-59(35-69)18-24-67(25-19-59)50-31-49(63-64-56(50)60)48-9-7-6-8-38(48)3/h6-13,31-32,36-37,39,41,44-47,51,54,71H,14-30,33-35H2,1-5H3,(H2,60,64)(H,62,72)/t39-,44?,45+,47?,51-,54?/m0/s1. The van der Waals surface area contributed by atoms with E-state index in [1.165, 1.54) is 5.56 Å². The smallest absolute Gasteiger partial charge is 0.243 e. The van der Waals surface area contributed by atoms with Crippen molar-refractivity contribution in [2.24, 2.45) is 11.8 Å². The molecule has 18 heteroatoms. The molecule has 4 N–H and O–H groups in total. The van der Waals surface area contributed by atoms with Gasteiger partial charge in [0.05, 0.1) is 64.0 Å². The highest BCUT2D eigenvalue weighted by molar-refractivity contribution is 7.13. The summed E-state index contributed by atoms with van der Waals surface area (Å²) in [7, 11) is 0. The molecule has 2 amide bonds. The van der Waals surface area contributed by atoms with Crippen LogP contribution in [-0.2, 0) is 19.1 Å². The molecule has 6 aliphatic rings. The van der Waals surface area contributed by atoms with E-state index in [9.17, 15) is 14.7 Å². The van der Waals surface area contributed by atoms with E-state index >= 15 is 0 Å². The number of carbonyl (C=O) groups is 2. The van der Waals surface area contributed by atoms with Crippen LogP contribution in [-0.4, -0.2) is 160 Å². The van der Waals surface area contributed by atoms with Gasteiger partial charge in [-0.25, -0.2) is 4.98 Å². The van der Waals surface area contributed by atoms with Crippen molar-refractivity contribution < 1.29 is 28.7 Å². The first-order valence-electron chi connectivity index (χ1n) is 28.5. The number of aliphatic hydroxyl groups excluding tert-OH is 1. The number of nitrogens with zero attached hydrogens (tertiary/aromatic N) is 9. The van der Waals surface area contributed by atoms with E-state index in [-0.39, 0.29) is 42.3 Å². The Hall–Kier alpha value is -5.50. The number of nitrogens with one attached hydrogen (secondary N) is 1. The highest BCUT2D eigenvalue weighted by atomic mass is 32.1. The van der Waals surface area contributed by atoms with Crippen molar-refractivity contribution in [2.45, 2.75) is 140 Å². The third-order valence-electron chi connectivity index (χ3n) is 17.9. The Bertz CT molecular complexity index is 2810. The molecule has 2 aromatic carbocycles. The molecule has 1 unspecified atom stereocenters. The van der Waals surface area contributed by atoms with Gasteiger partial charge in [0.25, 0.3) is 0 Å². The lowest BCUT2D eigenvalue weighted by atomic mass is 9.83. The topological polar surface area (TPSA) is 192 Å². The van der Waals surface area contributed by atoms with Gasteiger partial charge in [0.15, 0.2) is 17.4 Å². The number of nitrogen functional groups attached to an aromatic ring is 1. The van der Waals surface area contributed by atoms with Gasteiger partial charge in [-0.1, -0.05) is 67.5 Å². The van der Waals surface area contributed by atoms with Gasteiger partial charge in [-0.2, -0.15) is 0 Å². The summed E-state index contributed by atoms with van der Waals surface area (Å²) in [6.45, 7) is 19.6. The predicted octanol–water partition coefficient (Wildman–Crippen LogP) is 7.63. The molecule has 11 rings (SSSR count). The number of thiazole rings is 1. The second-order valence-electron chi connectivity index (χ2n) is 23.4. The average Bonchev–Trinajstić information content (AvgIpc) is 4.20. The van der Waals surface area contributed by atoms with Crippen LogP contribution >= 0.6 is 11.3 Å². The molecule has 1 aliphatic carbocycles. The molecular weight excluding hydrogens is 991 g/mol. The van der Waals surface area contributed by atoms with E-state index in [0.29, 0.717) is 35.7 Å². The van der Waals surface area contributed by atoms with Gasteiger partial charge in [0, 0.05) is 89.5 Å². The molecule has 6 fully saturated rings. The van der Waals surface area contributed by atoms with E-state index in [2.05, 4.69) is 70.4 Å². The normalized spacial score (nSPS) is 24.6. The molecule has 1 saturated carbocycles. The molecule has 0 bridgehead atoms. The molecule has 5 saturated heterocycles. The van der Waals surface area contributed by atoms with Gasteiger partial charge in [-0.05, 0) is 107 Å². The van der Waals surface area contributed by atoms with Crippen molar-refractivity contribution in [3.05, 3.63) is 88.8 Å². The summed E-state index contributed by atoms with van der Waals surface area (Å²) in [5.41, 5.74) is 15.2. The van der Waals surface area contributed by atoms with Crippen LogP contribution in [0.15, 0.2) is 70.7 Å². The van der Waals surface area contributed by atoms with Crippen LogP contribution < -0.4 is 20.9 Å². The molecule has 412 valence electrons. The lowest BCUT2D eigenvalue weighted by molar-refractivity contribution is -0.159. The first-order valence-corrected chi connectivity index (χ1v) is 29.3. The van der Waals surface area contributed by atoms with E-state index in [1.807, 2.05) is 75.7 Å². The number of benzene rings is 2. The minimum Gasteiger partial charge on any atom is -0.391 e. The number of aromatic nitrogens is 4. The molecule has 0 radical (unpaired) electrons. The van der Waals surface area contributed by atoms with Crippen LogP contribution in [0, 0.1) is 25.7 Å². The Morgan fingerprint density at radius 2 is 1.65 bits per heavy atom. The summed E-state index contributed by atoms with van der Waals surface area (Å²) >= 11 is 1.60. The largest absolute Gasteiger partial charge is 0.391 e. The van der Waals surface area contributed by atoms with Crippen LogP contribution in [0.4, 0.5) is 17.3 Å². The van der Waals surface area contributed by atoms with Gasteiger partial charge in [-0.15, -0.1) is 21.5 Å². The van der Waals surface area contributed by atoms with Crippen LogP contribution in [0.2, 0.25) is 0 Å². The second-order valence-corrected chi connectivity index (χ2v) is 24.3. The number of ether oxygens (including phenoxy) is 2. The number of morpholine rings is 1. The number of carbonyl (C=O) groups excluding carboxylic acids is 2. The van der Waals surface area contributed by atoms with E-state index in [4.69, 9.17) is 19.7 Å². The first-order chi connectivity index (χ1) is 37.3. The number of aryl methyl sites for hydroxylation is 2. The first kappa shape index (κ1) is 53.5. The minimum atomic E-state index is -0.794. The number of anilines is 3. The summed E-state index contributed by atoms with van der Waals surface area (Å²) < 4.78 is 19.3. The summed E-state index contributed by atoms with van der Waals surface area (Å²) in [6, 6.07) is 19.9. The number of β-amino-alcohol motifs (C(OH)–C–C–N with tert-alkyl or cyclic N) is 1. The Morgan fingerprint density at radius 3 is 2.36 bits per heavy atom. The molecule has 17 nitrogen and oxygen atoms in total. The zero-order valence-electron chi connectivity index (χ0n) is 45.7. The third kappa shape index (κ3) is 11.8. The lowest BCUT2D eigenvalue weighted by Crippen LogP contribution is -2.61. The van der Waals surface area contributed by atoms with E-state index < -0.39 is 18.1 Å². The maximum atomic E-state index is 14.4. The Kier molecular flexibility index (Phi) is 16.0. The summed E-state index contributed by atoms with van der Waals surface area (Å²) in [5, 5.41) is 27.2. The van der Waals surface area contributed by atoms with Gasteiger partial charge in [0.2, 0.25) is 11.8 Å². The SMILES string of the molecule is Cc1ccccc1-c1cc(N2CCC3(CC2)CN(C2CC(OC4CCN(CC5CCN(c6cc(C(C(=O)N7C[C@H](O)C[C@H]7C(=O)N[C@@H](C)c7ccc(-c8scnc8C)cc7)C(C)C)on6)CC5)CC4)C2)CCO3)c(N)nn1. The molecule has 77 heavy (non-hydrogen) atoms. The van der Waals surface area contributed by atoms with Crippen molar-refractivity contribution in [3.63, 3.8) is 0 Å². The van der Waals surface area contributed by atoms with Crippen LogP contribution in [0.5, 0.6) is 0 Å². The molecule has 4 atom stereocenters. The third-order valence-corrected chi connectivity index (χ3v) is 18.9. The highest BCUT2D eigenvalue weighted by Gasteiger charge is 2.46. The zero-order chi connectivity index (χ0) is 53.4. The van der Waals surface area contributed by atoms with Crippen LogP contribution in [0.1, 0.15) is 113 Å². The molecular formula is C59H79N11O6S. The van der Waals surface area contributed by atoms with Gasteiger partial charge in [0.1, 0.15) is 12.0 Å². The number of amides is 2. The molecule has 5 aromatic rings. The van der Waals surface area contributed by atoms with Crippen molar-refractivity contribution >= 4 is 40.5 Å². The van der Waals surface area contributed by atoms with Crippen molar-refractivity contribution in [1.29, 1.82) is 0 Å². The van der Waals surface area contributed by atoms with Crippen molar-refractivity contribution in [3.8, 4) is 21.7 Å². The van der Waals surface area contributed by atoms with Crippen molar-refractivity contribution in [2.75, 3.05) is 87.6 Å². The zero-order valence-corrected chi connectivity index (χ0v) is 46.5. The molecule has 3 aromatic heterocycles. The maximum Gasteiger partial charge on any atom is 0.243 e. The summed E-state index contributed by atoms with van der Waals surface area (Å²) in [5.74, 6) is 1.08. The number of nitrogens with two attached hydrogens (primary N) is 1. The number of aliphatic hydroxyl groups is 1. The number of piperidine rings is 3. The Balaban J connectivity index is 0.596. The number of hydrogen-bond donors (Lipinski definition) is 3. The Labute approximate surface area is 457 Å². The second kappa shape index (κ2) is 23.1. The lowest BCUT2D eigenvalue weighted by Gasteiger charge is -2.52. The quantitative estimate of drug-likeness (QED) is 0.0927. The van der Waals surface area contributed by atoms with Crippen LogP contribution in [0.3, 0.4) is 0 Å². The maximum absolute atomic E-state index is 14.4. The van der Waals surface area contributed by atoms with Gasteiger partial charge in [-0.3, -0.25) is 14.5 Å². The van der Waals surface area contributed by atoms with E-state index in [0.717, 1.165) is 161 Å². The number of likely N-dealkylation sites (tertiary alicyclic amines) is 2. The fourth-order valence-corrected chi connectivity index (χ4v) is 13.9. The molecule has 5 aliphatic heterocycles. The highest BCUT2D eigenvalue weighted by Crippen LogP contribution is 2.40. The number of rotatable bonds is 15.